The summed E-state index contributed by atoms with van der Waals surface area (Å²) >= 11 is 0. The van der Waals surface area contributed by atoms with Crippen molar-refractivity contribution in [3.8, 4) is 5.69 Å². The highest BCUT2D eigenvalue weighted by Gasteiger charge is 2.19. The summed E-state index contributed by atoms with van der Waals surface area (Å²) in [6.07, 6.45) is 5.83. The molecule has 1 fully saturated rings. The number of hydrogen-bond acceptors (Lipinski definition) is 4. The van der Waals surface area contributed by atoms with Gasteiger partial charge in [0.05, 0.1) is 0 Å². The number of carbonyl (C=O) groups excluding carboxylic acids is 1. The molecule has 5 rings (SSSR count). The third-order valence-electron chi connectivity index (χ3n) is 5.31. The van der Waals surface area contributed by atoms with Gasteiger partial charge in [0.1, 0.15) is 11.5 Å². The molecule has 2 aromatic carbocycles. The van der Waals surface area contributed by atoms with Gasteiger partial charge in [0, 0.05) is 47.8 Å². The number of likely N-dealkylation sites (tertiary alicyclic amines) is 1. The summed E-state index contributed by atoms with van der Waals surface area (Å²) < 4.78 is 15.1. The lowest BCUT2D eigenvalue weighted by Gasteiger charge is -2.15. The first-order valence-corrected chi connectivity index (χ1v) is 9.94. The third kappa shape index (κ3) is 3.50. The number of amides is 1. The van der Waals surface area contributed by atoms with Crippen LogP contribution in [0.15, 0.2) is 67.0 Å². The zero-order chi connectivity index (χ0) is 20.5. The fraction of sp³-hybridized carbons (Fsp3) is 0.174. The predicted octanol–water partition coefficient (Wildman–Crippen LogP) is 4.54. The minimum atomic E-state index is -0.294. The van der Waals surface area contributed by atoms with Crippen LogP contribution in [0, 0.1) is 5.82 Å². The smallest absolute Gasteiger partial charge is 0.253 e. The quantitative estimate of drug-likeness (QED) is 0.545. The molecule has 4 aromatic rings. The molecule has 0 unspecified atom stereocenters. The Balaban J connectivity index is 1.42. The fourth-order valence-electron chi connectivity index (χ4n) is 3.72. The average molecular weight is 401 g/mol. The molecular weight excluding hydrogens is 381 g/mol. The number of hydrogen-bond donors (Lipinski definition) is 1. The maximum absolute atomic E-state index is 13.1. The van der Waals surface area contributed by atoms with E-state index in [1.807, 2.05) is 46.0 Å². The number of nitrogens with one attached hydrogen (secondary N) is 1. The lowest BCUT2D eigenvalue weighted by Crippen LogP contribution is -2.27. The summed E-state index contributed by atoms with van der Waals surface area (Å²) in [5.41, 5.74) is 3.06. The molecule has 30 heavy (non-hydrogen) atoms. The molecule has 0 spiro atoms. The van der Waals surface area contributed by atoms with Gasteiger partial charge in [-0.1, -0.05) is 0 Å². The summed E-state index contributed by atoms with van der Waals surface area (Å²) in [7, 11) is 0. The van der Waals surface area contributed by atoms with E-state index in [0.29, 0.717) is 17.2 Å². The number of benzene rings is 2. The average Bonchev–Trinajstić information content (AvgIpc) is 3.45. The summed E-state index contributed by atoms with van der Waals surface area (Å²) in [6.45, 7) is 1.67. The highest BCUT2D eigenvalue weighted by atomic mass is 19.1. The van der Waals surface area contributed by atoms with Gasteiger partial charge in [-0.05, 0) is 67.4 Å². The van der Waals surface area contributed by atoms with Gasteiger partial charge in [0.2, 0.25) is 5.95 Å². The number of nitrogens with zero attached hydrogens (tertiary/aromatic N) is 4. The number of aromatic nitrogens is 3. The second kappa shape index (κ2) is 7.59. The Morgan fingerprint density at radius 2 is 1.70 bits per heavy atom. The van der Waals surface area contributed by atoms with Crippen molar-refractivity contribution in [2.75, 3.05) is 18.4 Å². The van der Waals surface area contributed by atoms with Gasteiger partial charge in [0.25, 0.3) is 5.91 Å². The molecule has 150 valence electrons. The van der Waals surface area contributed by atoms with Gasteiger partial charge in [0.15, 0.2) is 0 Å². The minimum absolute atomic E-state index is 0.0875. The van der Waals surface area contributed by atoms with Crippen LogP contribution in [-0.4, -0.2) is 38.4 Å². The first kappa shape index (κ1) is 18.3. The van der Waals surface area contributed by atoms with E-state index in [-0.39, 0.29) is 11.7 Å². The zero-order valence-corrected chi connectivity index (χ0v) is 16.3. The van der Waals surface area contributed by atoms with Crippen LogP contribution >= 0.6 is 0 Å². The van der Waals surface area contributed by atoms with E-state index < -0.39 is 0 Å². The first-order valence-electron chi connectivity index (χ1n) is 9.94. The number of fused-ring (bicyclic) bond motifs is 1. The van der Waals surface area contributed by atoms with Crippen molar-refractivity contribution < 1.29 is 9.18 Å². The van der Waals surface area contributed by atoms with Gasteiger partial charge >= 0.3 is 0 Å². The SMILES string of the molecule is O=C(c1ccc(-n2ccc3cnc(Nc4ccc(F)cc4)nc32)cc1)N1CCCC1. The van der Waals surface area contributed by atoms with Crippen LogP contribution in [0.5, 0.6) is 0 Å². The number of halogens is 1. The van der Waals surface area contributed by atoms with E-state index in [0.717, 1.165) is 42.7 Å². The maximum Gasteiger partial charge on any atom is 0.253 e. The molecule has 3 heterocycles. The molecule has 1 aliphatic rings. The molecular formula is C23H20FN5O. The second-order valence-electron chi connectivity index (χ2n) is 7.34. The van der Waals surface area contributed by atoms with Crippen molar-refractivity contribution in [1.82, 2.24) is 19.4 Å². The van der Waals surface area contributed by atoms with Crippen LogP contribution in [0.3, 0.4) is 0 Å². The normalized spacial score (nSPS) is 13.7. The monoisotopic (exact) mass is 401 g/mol. The maximum atomic E-state index is 13.1. The molecule has 1 aliphatic heterocycles. The van der Waals surface area contributed by atoms with E-state index in [1.54, 1.807) is 18.3 Å². The van der Waals surface area contributed by atoms with Crippen LogP contribution in [0.1, 0.15) is 23.2 Å². The number of anilines is 2. The molecule has 0 aliphatic carbocycles. The molecule has 6 nitrogen and oxygen atoms in total. The largest absolute Gasteiger partial charge is 0.339 e. The van der Waals surface area contributed by atoms with Gasteiger partial charge < -0.3 is 14.8 Å². The van der Waals surface area contributed by atoms with Crippen LogP contribution in [-0.2, 0) is 0 Å². The van der Waals surface area contributed by atoms with Crippen molar-refractivity contribution in [2.24, 2.45) is 0 Å². The zero-order valence-electron chi connectivity index (χ0n) is 16.3. The summed E-state index contributed by atoms with van der Waals surface area (Å²) in [6, 6.07) is 15.6. The van der Waals surface area contributed by atoms with Crippen LogP contribution < -0.4 is 5.32 Å². The van der Waals surface area contributed by atoms with E-state index >= 15 is 0 Å². The van der Waals surface area contributed by atoms with E-state index in [1.165, 1.54) is 12.1 Å². The van der Waals surface area contributed by atoms with Crippen LogP contribution in [0.2, 0.25) is 0 Å². The lowest BCUT2D eigenvalue weighted by molar-refractivity contribution is 0.0793. The van der Waals surface area contributed by atoms with Crippen molar-refractivity contribution in [1.29, 1.82) is 0 Å². The molecule has 0 radical (unpaired) electrons. The van der Waals surface area contributed by atoms with Gasteiger partial charge in [-0.2, -0.15) is 4.98 Å². The molecule has 0 bridgehead atoms. The van der Waals surface area contributed by atoms with Gasteiger partial charge in [-0.25, -0.2) is 9.37 Å². The lowest BCUT2D eigenvalue weighted by atomic mass is 10.2. The number of carbonyl (C=O) groups is 1. The van der Waals surface area contributed by atoms with Crippen molar-refractivity contribution in [3.05, 3.63) is 78.4 Å². The Kier molecular flexibility index (Phi) is 4.63. The van der Waals surface area contributed by atoms with Crippen LogP contribution in [0.25, 0.3) is 16.7 Å². The molecule has 1 saturated heterocycles. The van der Waals surface area contributed by atoms with E-state index in [2.05, 4.69) is 15.3 Å². The summed E-state index contributed by atoms with van der Waals surface area (Å²) in [4.78, 5) is 23.4. The predicted molar refractivity (Wildman–Crippen MR) is 114 cm³/mol. The molecule has 0 atom stereocenters. The van der Waals surface area contributed by atoms with E-state index in [9.17, 15) is 9.18 Å². The Morgan fingerprint density at radius 1 is 0.967 bits per heavy atom. The molecule has 7 heteroatoms. The molecule has 0 saturated carbocycles. The van der Waals surface area contributed by atoms with Crippen molar-refractivity contribution in [2.45, 2.75) is 12.8 Å². The molecule has 1 N–H and O–H groups in total. The standard InChI is InChI=1S/C23H20FN5O/c24-18-5-7-19(8-6-18)26-23-25-15-17-11-14-29(21(17)27-23)20-9-3-16(4-10-20)22(30)28-12-1-2-13-28/h3-11,14-15H,1-2,12-13H2,(H,25,26,27). The second-order valence-corrected chi connectivity index (χ2v) is 7.34. The molecule has 1 amide bonds. The highest BCUT2D eigenvalue weighted by molar-refractivity contribution is 5.94. The Labute approximate surface area is 173 Å². The summed E-state index contributed by atoms with van der Waals surface area (Å²) in [5.74, 6) is 0.219. The van der Waals surface area contributed by atoms with Gasteiger partial charge in [-0.3, -0.25) is 4.79 Å². The van der Waals surface area contributed by atoms with Crippen LogP contribution in [0.4, 0.5) is 16.0 Å². The highest BCUT2D eigenvalue weighted by Crippen LogP contribution is 2.22. The van der Waals surface area contributed by atoms with Gasteiger partial charge in [-0.15, -0.1) is 0 Å². The fourth-order valence-corrected chi connectivity index (χ4v) is 3.72. The third-order valence-corrected chi connectivity index (χ3v) is 5.31. The van der Waals surface area contributed by atoms with E-state index in [4.69, 9.17) is 0 Å². The topological polar surface area (TPSA) is 63.1 Å². The van der Waals surface area contributed by atoms with Crippen molar-refractivity contribution >= 4 is 28.6 Å². The minimum Gasteiger partial charge on any atom is -0.339 e. The Morgan fingerprint density at radius 3 is 2.43 bits per heavy atom. The molecule has 2 aromatic heterocycles. The summed E-state index contributed by atoms with van der Waals surface area (Å²) in [5, 5.41) is 3.99. The van der Waals surface area contributed by atoms with Crippen molar-refractivity contribution in [3.63, 3.8) is 0 Å². The number of rotatable bonds is 4. The Bertz CT molecular complexity index is 1190. The first-order chi connectivity index (χ1) is 14.7. The Hall–Kier alpha value is -3.74.